The Morgan fingerprint density at radius 2 is 2.30 bits per heavy atom. The number of carboxylic acids is 1. The molecule has 3 N–H and O–H groups in total. The van der Waals surface area contributed by atoms with Crippen molar-refractivity contribution in [2.24, 2.45) is 0 Å². The van der Waals surface area contributed by atoms with Gasteiger partial charge in [0.05, 0.1) is 12.4 Å². The molecule has 0 aliphatic carbocycles. The van der Waals surface area contributed by atoms with Gasteiger partial charge in [0.25, 0.3) is 0 Å². The van der Waals surface area contributed by atoms with Gasteiger partial charge in [-0.1, -0.05) is 17.7 Å². The highest BCUT2D eigenvalue weighted by atomic mass is 35.5. The van der Waals surface area contributed by atoms with Crippen molar-refractivity contribution in [2.45, 2.75) is 38.3 Å². The number of anilines is 1. The number of halogens is 1. The first-order chi connectivity index (χ1) is 11.0. The molecule has 1 amide bonds. The minimum absolute atomic E-state index is 0.0510. The molecule has 1 aliphatic rings. The Hall–Kier alpha value is -1.63. The van der Waals surface area contributed by atoms with Crippen molar-refractivity contribution >= 4 is 29.2 Å². The van der Waals surface area contributed by atoms with E-state index in [4.69, 9.17) is 16.3 Å². The van der Waals surface area contributed by atoms with Gasteiger partial charge in [-0.2, -0.15) is 0 Å². The maximum atomic E-state index is 12.1. The van der Waals surface area contributed by atoms with Gasteiger partial charge in [-0.05, 0) is 37.5 Å². The van der Waals surface area contributed by atoms with E-state index in [0.717, 1.165) is 18.4 Å². The molecule has 1 heterocycles. The molecule has 1 aromatic carbocycles. The summed E-state index contributed by atoms with van der Waals surface area (Å²) in [6, 6.07) is 4.22. The lowest BCUT2D eigenvalue weighted by molar-refractivity contribution is -0.687. The summed E-state index contributed by atoms with van der Waals surface area (Å²) >= 11 is 5.90. The van der Waals surface area contributed by atoms with Crippen molar-refractivity contribution in [2.75, 3.05) is 18.5 Å². The summed E-state index contributed by atoms with van der Waals surface area (Å²) in [5.41, 5.74) is 1.44. The minimum Gasteiger partial charge on any atom is -0.544 e. The van der Waals surface area contributed by atoms with E-state index in [1.807, 2.05) is 6.92 Å². The van der Waals surface area contributed by atoms with Crippen LogP contribution in [-0.2, 0) is 14.3 Å². The van der Waals surface area contributed by atoms with Gasteiger partial charge < -0.3 is 25.3 Å². The lowest BCUT2D eigenvalue weighted by Crippen LogP contribution is -2.94. The molecular weight excluding hydrogens is 320 g/mol. The SMILES string of the molecule is Cc1ccc(Cl)cc1NC(=O)C[C@@H]([NH2+]C[C@H]1CCCO1)C(=O)[O-]. The summed E-state index contributed by atoms with van der Waals surface area (Å²) in [7, 11) is 0. The molecule has 2 atom stereocenters. The summed E-state index contributed by atoms with van der Waals surface area (Å²) in [6.07, 6.45) is 1.80. The Balaban J connectivity index is 1.89. The smallest absolute Gasteiger partial charge is 0.230 e. The zero-order valence-electron chi connectivity index (χ0n) is 13.0. The van der Waals surface area contributed by atoms with Crippen LogP contribution in [0.15, 0.2) is 18.2 Å². The summed E-state index contributed by atoms with van der Waals surface area (Å²) in [6.45, 7) is 3.07. The number of aryl methyl sites for hydroxylation is 1. The molecule has 0 radical (unpaired) electrons. The standard InChI is InChI=1S/C16H21ClN2O4/c1-10-4-5-11(17)7-13(10)19-15(20)8-14(16(21)22)18-9-12-3-2-6-23-12/h4-5,7,12,14,18H,2-3,6,8-9H2,1H3,(H,19,20)(H,21,22)/t12-,14-/m1/s1. The molecule has 0 unspecified atom stereocenters. The molecule has 0 aromatic heterocycles. The zero-order chi connectivity index (χ0) is 16.8. The minimum atomic E-state index is -1.25. The van der Waals surface area contributed by atoms with E-state index < -0.39 is 12.0 Å². The Labute approximate surface area is 140 Å². The third-order valence-electron chi connectivity index (χ3n) is 3.89. The Kier molecular flexibility index (Phi) is 6.38. The number of ether oxygens (including phenoxy) is 1. The molecule has 7 heteroatoms. The van der Waals surface area contributed by atoms with Gasteiger partial charge in [0.2, 0.25) is 5.91 Å². The van der Waals surface area contributed by atoms with Crippen molar-refractivity contribution in [1.82, 2.24) is 0 Å². The second-order valence-electron chi connectivity index (χ2n) is 5.74. The second kappa shape index (κ2) is 8.29. The van der Waals surface area contributed by atoms with Crippen LogP contribution in [0.2, 0.25) is 5.02 Å². The highest BCUT2D eigenvalue weighted by molar-refractivity contribution is 6.31. The molecule has 1 saturated heterocycles. The van der Waals surface area contributed by atoms with E-state index in [9.17, 15) is 14.7 Å². The highest BCUT2D eigenvalue weighted by Crippen LogP contribution is 2.20. The van der Waals surface area contributed by atoms with Crippen LogP contribution in [0, 0.1) is 6.92 Å². The van der Waals surface area contributed by atoms with E-state index in [-0.39, 0.29) is 18.4 Å². The molecule has 23 heavy (non-hydrogen) atoms. The van der Waals surface area contributed by atoms with E-state index >= 15 is 0 Å². The summed E-state index contributed by atoms with van der Waals surface area (Å²) in [4.78, 5) is 23.3. The van der Waals surface area contributed by atoms with E-state index in [1.54, 1.807) is 23.5 Å². The molecule has 2 rings (SSSR count). The maximum Gasteiger partial charge on any atom is 0.230 e. The van der Waals surface area contributed by atoms with Crippen molar-refractivity contribution < 1.29 is 24.7 Å². The fraction of sp³-hybridized carbons (Fsp3) is 0.500. The Morgan fingerprint density at radius 3 is 2.96 bits per heavy atom. The first-order valence-corrected chi connectivity index (χ1v) is 8.05. The predicted octanol–water partition coefficient (Wildman–Crippen LogP) is -0.162. The number of nitrogens with one attached hydrogen (secondary N) is 1. The van der Waals surface area contributed by atoms with Crippen LogP contribution in [0.1, 0.15) is 24.8 Å². The zero-order valence-corrected chi connectivity index (χ0v) is 13.8. The molecular formula is C16H21ClN2O4. The maximum absolute atomic E-state index is 12.1. The second-order valence-corrected chi connectivity index (χ2v) is 6.18. The summed E-state index contributed by atoms with van der Waals surface area (Å²) in [5.74, 6) is -1.63. The van der Waals surface area contributed by atoms with Gasteiger partial charge >= 0.3 is 0 Å². The molecule has 1 aliphatic heterocycles. The third-order valence-corrected chi connectivity index (χ3v) is 4.12. The van der Waals surface area contributed by atoms with Gasteiger partial charge in [-0.25, -0.2) is 0 Å². The molecule has 0 spiro atoms. The number of benzene rings is 1. The number of aliphatic carboxylic acids is 1. The number of carboxylic acid groups (broad SMARTS) is 1. The van der Waals surface area contributed by atoms with E-state index in [0.29, 0.717) is 23.9 Å². The van der Waals surface area contributed by atoms with Gasteiger partial charge in [-0.3, -0.25) is 4.79 Å². The molecule has 0 saturated carbocycles. The van der Waals surface area contributed by atoms with E-state index in [2.05, 4.69) is 5.32 Å². The highest BCUT2D eigenvalue weighted by Gasteiger charge is 2.23. The lowest BCUT2D eigenvalue weighted by atomic mass is 10.1. The molecule has 0 bridgehead atoms. The normalized spacial score (nSPS) is 18.6. The topological polar surface area (TPSA) is 95.1 Å². The molecule has 6 nitrogen and oxygen atoms in total. The summed E-state index contributed by atoms with van der Waals surface area (Å²) in [5, 5.41) is 16.0. The number of rotatable bonds is 7. The molecule has 126 valence electrons. The van der Waals surface area contributed by atoms with Gasteiger partial charge in [0.15, 0.2) is 0 Å². The van der Waals surface area contributed by atoms with Crippen LogP contribution in [0.25, 0.3) is 0 Å². The van der Waals surface area contributed by atoms with Gasteiger partial charge in [-0.15, -0.1) is 0 Å². The lowest BCUT2D eigenvalue weighted by Gasteiger charge is -2.18. The number of quaternary nitrogens is 1. The van der Waals surface area contributed by atoms with Crippen molar-refractivity contribution in [3.8, 4) is 0 Å². The van der Waals surface area contributed by atoms with Crippen molar-refractivity contribution in [3.63, 3.8) is 0 Å². The largest absolute Gasteiger partial charge is 0.544 e. The van der Waals surface area contributed by atoms with Crippen molar-refractivity contribution in [1.29, 1.82) is 0 Å². The monoisotopic (exact) mass is 340 g/mol. The number of carbonyl (C=O) groups is 2. The van der Waals surface area contributed by atoms with Crippen LogP contribution in [0.4, 0.5) is 5.69 Å². The van der Waals surface area contributed by atoms with Crippen LogP contribution in [-0.4, -0.2) is 37.2 Å². The molecule has 1 fully saturated rings. The van der Waals surface area contributed by atoms with Crippen LogP contribution >= 0.6 is 11.6 Å². The van der Waals surface area contributed by atoms with Crippen LogP contribution in [0.5, 0.6) is 0 Å². The van der Waals surface area contributed by atoms with Crippen LogP contribution in [0.3, 0.4) is 0 Å². The average Bonchev–Trinajstić information content (AvgIpc) is 3.00. The van der Waals surface area contributed by atoms with Gasteiger partial charge in [0, 0.05) is 17.3 Å². The average molecular weight is 341 g/mol. The Bertz CT molecular complexity index is 573. The summed E-state index contributed by atoms with van der Waals surface area (Å²) < 4.78 is 5.45. The predicted molar refractivity (Wildman–Crippen MR) is 84.0 cm³/mol. The quantitative estimate of drug-likeness (QED) is 0.721. The Morgan fingerprint density at radius 1 is 1.52 bits per heavy atom. The van der Waals surface area contributed by atoms with Gasteiger partial charge in [0.1, 0.15) is 18.7 Å². The number of nitrogens with two attached hydrogens (primary N) is 1. The molecule has 1 aromatic rings. The number of amides is 1. The third kappa shape index (κ3) is 5.49. The fourth-order valence-electron chi connectivity index (χ4n) is 2.54. The first kappa shape index (κ1) is 17.7. The number of carbonyl (C=O) groups excluding carboxylic acids is 2. The van der Waals surface area contributed by atoms with E-state index in [1.165, 1.54) is 0 Å². The first-order valence-electron chi connectivity index (χ1n) is 7.67. The fourth-order valence-corrected chi connectivity index (χ4v) is 2.71. The van der Waals surface area contributed by atoms with Crippen LogP contribution < -0.4 is 15.7 Å². The van der Waals surface area contributed by atoms with Crippen molar-refractivity contribution in [3.05, 3.63) is 28.8 Å². The number of hydrogen-bond acceptors (Lipinski definition) is 4. The number of hydrogen-bond donors (Lipinski definition) is 2.